The van der Waals surface area contributed by atoms with E-state index in [4.69, 9.17) is 0 Å². The minimum Gasteiger partial charge on any atom is -0.505 e. The highest BCUT2D eigenvalue weighted by atomic mass is 32.1. The van der Waals surface area contributed by atoms with Gasteiger partial charge in [-0.05, 0) is 43.2 Å². The Hall–Kier alpha value is -3.85. The van der Waals surface area contributed by atoms with Gasteiger partial charge in [0.15, 0.2) is 10.9 Å². The average molecular weight is 448 g/mol. The minimum atomic E-state index is -0.966. The number of rotatable bonds is 3. The van der Waals surface area contributed by atoms with Gasteiger partial charge in [-0.15, -0.1) is 11.3 Å². The molecule has 3 aromatic heterocycles. The third kappa shape index (κ3) is 2.93. The van der Waals surface area contributed by atoms with Gasteiger partial charge in [0, 0.05) is 17.8 Å². The number of Topliss-reactive ketones (excluding diaryl/α,β-unsaturated/α-hetero) is 1. The summed E-state index contributed by atoms with van der Waals surface area (Å²) in [6.07, 6.45) is 3.34. The van der Waals surface area contributed by atoms with E-state index in [9.17, 15) is 19.1 Å². The molecular formula is C23H17FN4O3S. The fourth-order valence-electron chi connectivity index (χ4n) is 4.00. The predicted molar refractivity (Wildman–Crippen MR) is 118 cm³/mol. The SMILES string of the molecule is Cc1cccn2c(C)c(/C(O)=C3\C(=O)C(=O)N(c4nccs4)C3c3ccc(F)cc3)nc12. The molecule has 1 N–H and O–H groups in total. The first-order valence-electron chi connectivity index (χ1n) is 9.79. The van der Waals surface area contributed by atoms with Crippen LogP contribution in [0, 0.1) is 19.7 Å². The van der Waals surface area contributed by atoms with Crippen molar-refractivity contribution in [2.45, 2.75) is 19.9 Å². The topological polar surface area (TPSA) is 87.8 Å². The van der Waals surface area contributed by atoms with Crippen LogP contribution in [0.3, 0.4) is 0 Å². The lowest BCUT2D eigenvalue weighted by Gasteiger charge is -2.22. The number of aliphatic hydroxyl groups is 1. The zero-order chi connectivity index (χ0) is 22.6. The van der Waals surface area contributed by atoms with Crippen LogP contribution < -0.4 is 4.90 Å². The summed E-state index contributed by atoms with van der Waals surface area (Å²) >= 11 is 1.19. The third-order valence-electron chi connectivity index (χ3n) is 5.56. The molecule has 1 amide bonds. The highest BCUT2D eigenvalue weighted by Crippen LogP contribution is 2.43. The number of aliphatic hydroxyl groups excluding tert-OH is 1. The minimum absolute atomic E-state index is 0.110. The molecule has 0 saturated carbocycles. The molecule has 7 nitrogen and oxygen atoms in total. The molecule has 0 bridgehead atoms. The van der Waals surface area contributed by atoms with Crippen LogP contribution in [0.25, 0.3) is 11.4 Å². The number of thiazole rings is 1. The van der Waals surface area contributed by atoms with Crippen LogP contribution in [-0.2, 0) is 9.59 Å². The normalized spacial score (nSPS) is 18.1. The Morgan fingerprint density at radius 3 is 2.56 bits per heavy atom. The number of benzene rings is 1. The van der Waals surface area contributed by atoms with E-state index in [2.05, 4.69) is 9.97 Å². The van der Waals surface area contributed by atoms with Gasteiger partial charge in [-0.25, -0.2) is 14.4 Å². The maximum absolute atomic E-state index is 13.6. The van der Waals surface area contributed by atoms with E-state index >= 15 is 0 Å². The molecule has 1 saturated heterocycles. The number of aryl methyl sites for hydroxylation is 2. The van der Waals surface area contributed by atoms with Crippen molar-refractivity contribution in [2.24, 2.45) is 0 Å². The molecule has 160 valence electrons. The van der Waals surface area contributed by atoms with Gasteiger partial charge in [0.25, 0.3) is 5.78 Å². The van der Waals surface area contributed by atoms with Gasteiger partial charge in [0.1, 0.15) is 17.2 Å². The number of fused-ring (bicyclic) bond motifs is 1. The van der Waals surface area contributed by atoms with Crippen molar-refractivity contribution < 1.29 is 19.1 Å². The molecule has 32 heavy (non-hydrogen) atoms. The van der Waals surface area contributed by atoms with Gasteiger partial charge in [0.05, 0.1) is 17.3 Å². The number of imidazole rings is 1. The first-order chi connectivity index (χ1) is 15.4. The van der Waals surface area contributed by atoms with Gasteiger partial charge in [0.2, 0.25) is 0 Å². The summed E-state index contributed by atoms with van der Waals surface area (Å²) in [5.74, 6) is -2.49. The summed E-state index contributed by atoms with van der Waals surface area (Å²) in [4.78, 5) is 36.1. The fourth-order valence-corrected chi connectivity index (χ4v) is 4.67. The largest absolute Gasteiger partial charge is 0.505 e. The van der Waals surface area contributed by atoms with Gasteiger partial charge in [-0.3, -0.25) is 14.5 Å². The van der Waals surface area contributed by atoms with Gasteiger partial charge in [-0.1, -0.05) is 18.2 Å². The second-order valence-corrected chi connectivity index (χ2v) is 8.34. The second-order valence-electron chi connectivity index (χ2n) is 7.47. The Balaban J connectivity index is 1.77. The number of nitrogens with zero attached hydrogens (tertiary/aromatic N) is 4. The third-order valence-corrected chi connectivity index (χ3v) is 6.33. The molecule has 0 spiro atoms. The summed E-state index contributed by atoms with van der Waals surface area (Å²) in [6.45, 7) is 3.67. The predicted octanol–water partition coefficient (Wildman–Crippen LogP) is 4.17. The number of anilines is 1. The first kappa shape index (κ1) is 20.1. The van der Waals surface area contributed by atoms with Crippen LogP contribution in [0.2, 0.25) is 0 Å². The molecular weight excluding hydrogens is 431 g/mol. The van der Waals surface area contributed by atoms with Crippen LogP contribution in [0.1, 0.15) is 28.6 Å². The Bertz CT molecular complexity index is 1410. The maximum atomic E-state index is 13.6. The van der Waals surface area contributed by atoms with Crippen LogP contribution in [0.4, 0.5) is 9.52 Å². The Morgan fingerprint density at radius 2 is 1.91 bits per heavy atom. The average Bonchev–Trinajstić information content (AvgIpc) is 3.48. The van der Waals surface area contributed by atoms with E-state index in [1.54, 1.807) is 12.3 Å². The summed E-state index contributed by atoms with van der Waals surface area (Å²) in [7, 11) is 0. The number of carbonyl (C=O) groups excluding carboxylic acids is 2. The Morgan fingerprint density at radius 1 is 1.16 bits per heavy atom. The number of halogens is 1. The molecule has 4 aromatic rings. The van der Waals surface area contributed by atoms with Crippen molar-refractivity contribution in [3.05, 3.63) is 88.1 Å². The number of amides is 1. The molecule has 1 aromatic carbocycles. The lowest BCUT2D eigenvalue weighted by Crippen LogP contribution is -2.29. The van der Waals surface area contributed by atoms with Crippen LogP contribution in [-0.4, -0.2) is 31.2 Å². The quantitative estimate of drug-likeness (QED) is 0.289. The lowest BCUT2D eigenvalue weighted by atomic mass is 9.96. The van der Waals surface area contributed by atoms with Crippen molar-refractivity contribution in [3.63, 3.8) is 0 Å². The molecule has 1 unspecified atom stereocenters. The highest BCUT2D eigenvalue weighted by molar-refractivity contribution is 7.14. The number of hydrogen-bond acceptors (Lipinski definition) is 6. The molecule has 1 aliphatic heterocycles. The molecule has 4 heterocycles. The lowest BCUT2D eigenvalue weighted by molar-refractivity contribution is -0.132. The van der Waals surface area contributed by atoms with E-state index < -0.39 is 23.5 Å². The number of carbonyl (C=O) groups is 2. The standard InChI is InChI=1S/C23H17FN4O3S/c1-12-4-3-10-27-13(2)17(26-21(12)27)19(29)16-18(14-5-7-15(24)8-6-14)28(22(31)20(16)30)23-25-9-11-32-23/h3-11,18,29H,1-2H3/b19-16+. The van der Waals surface area contributed by atoms with E-state index in [-0.39, 0.29) is 17.0 Å². The van der Waals surface area contributed by atoms with Crippen LogP contribution >= 0.6 is 11.3 Å². The zero-order valence-corrected chi connectivity index (χ0v) is 17.9. The molecule has 1 atom stereocenters. The molecule has 1 aliphatic rings. The van der Waals surface area contributed by atoms with Crippen molar-refractivity contribution in [2.75, 3.05) is 4.90 Å². The molecule has 5 rings (SSSR count). The molecule has 1 fully saturated rings. The fraction of sp³-hybridized carbons (Fsp3) is 0.130. The van der Waals surface area contributed by atoms with Crippen molar-refractivity contribution in [1.82, 2.24) is 14.4 Å². The number of pyridine rings is 1. The zero-order valence-electron chi connectivity index (χ0n) is 17.1. The van der Waals surface area contributed by atoms with Gasteiger partial charge in [-0.2, -0.15) is 0 Å². The summed E-state index contributed by atoms with van der Waals surface area (Å²) in [5.41, 5.74) is 2.73. The summed E-state index contributed by atoms with van der Waals surface area (Å²) in [5, 5.41) is 13.3. The first-order valence-corrected chi connectivity index (χ1v) is 10.7. The molecule has 0 aliphatic carbocycles. The van der Waals surface area contributed by atoms with Crippen molar-refractivity contribution in [3.8, 4) is 0 Å². The monoisotopic (exact) mass is 448 g/mol. The van der Waals surface area contributed by atoms with E-state index in [0.29, 0.717) is 22.0 Å². The number of aromatic nitrogens is 3. The van der Waals surface area contributed by atoms with E-state index in [0.717, 1.165) is 5.56 Å². The molecule has 0 radical (unpaired) electrons. The van der Waals surface area contributed by atoms with Crippen LogP contribution in [0.15, 0.2) is 59.7 Å². The van der Waals surface area contributed by atoms with Gasteiger partial charge < -0.3 is 9.51 Å². The van der Waals surface area contributed by atoms with Crippen LogP contribution in [0.5, 0.6) is 0 Å². The maximum Gasteiger partial charge on any atom is 0.301 e. The molecule has 9 heteroatoms. The van der Waals surface area contributed by atoms with Gasteiger partial charge >= 0.3 is 5.91 Å². The van der Waals surface area contributed by atoms with E-state index in [1.165, 1.54) is 46.7 Å². The highest BCUT2D eigenvalue weighted by Gasteiger charge is 2.48. The Kier molecular flexibility index (Phi) is 4.63. The smallest absolute Gasteiger partial charge is 0.301 e. The number of hydrogen-bond donors (Lipinski definition) is 1. The summed E-state index contributed by atoms with van der Waals surface area (Å²) in [6, 6.07) is 8.26. The Labute approximate surface area is 186 Å². The number of ketones is 1. The van der Waals surface area contributed by atoms with Crippen molar-refractivity contribution >= 4 is 39.6 Å². The second kappa shape index (κ2) is 7.38. The van der Waals surface area contributed by atoms with E-state index in [1.807, 2.05) is 29.7 Å². The summed E-state index contributed by atoms with van der Waals surface area (Å²) < 4.78 is 15.4. The van der Waals surface area contributed by atoms with Crippen molar-refractivity contribution in [1.29, 1.82) is 0 Å².